The Kier molecular flexibility index (Phi) is 7.87. The van der Waals surface area contributed by atoms with Gasteiger partial charge >= 0.3 is 0 Å². The quantitative estimate of drug-likeness (QED) is 0.470. The van der Waals surface area contributed by atoms with Crippen molar-refractivity contribution >= 4 is 5.71 Å². The van der Waals surface area contributed by atoms with Crippen LogP contribution in [0.3, 0.4) is 0 Å². The molecule has 0 saturated carbocycles. The van der Waals surface area contributed by atoms with Crippen molar-refractivity contribution in [1.82, 2.24) is 4.90 Å². The van der Waals surface area contributed by atoms with Crippen LogP contribution < -0.4 is 4.74 Å². The molecule has 0 aliphatic carbocycles. The third kappa shape index (κ3) is 6.40. The molecule has 178 valence electrons. The van der Waals surface area contributed by atoms with Crippen LogP contribution in [0.4, 0.5) is 8.78 Å². The molecule has 0 fully saturated rings. The van der Waals surface area contributed by atoms with Gasteiger partial charge < -0.3 is 14.7 Å². The Balaban J connectivity index is 1.41. The summed E-state index contributed by atoms with van der Waals surface area (Å²) in [6.07, 6.45) is -0.466. The van der Waals surface area contributed by atoms with Crippen LogP contribution in [0.15, 0.2) is 78.0 Å². The van der Waals surface area contributed by atoms with Gasteiger partial charge in [-0.15, -0.1) is 0 Å². The average Bonchev–Trinajstić information content (AvgIpc) is 3.28. The van der Waals surface area contributed by atoms with Crippen LogP contribution >= 0.6 is 0 Å². The first-order valence-corrected chi connectivity index (χ1v) is 11.3. The molecular formula is C27H28F2N2O3. The number of halogens is 2. The van der Waals surface area contributed by atoms with E-state index < -0.39 is 17.7 Å². The second-order valence-electron chi connectivity index (χ2n) is 8.49. The molecule has 0 radical (unpaired) electrons. The molecule has 1 heterocycles. The number of nitrogens with zero attached hydrogens (tertiary/aromatic N) is 2. The van der Waals surface area contributed by atoms with Crippen LogP contribution in [0, 0.1) is 18.6 Å². The maximum absolute atomic E-state index is 14.4. The molecule has 2 atom stereocenters. The number of aliphatic hydroxyl groups is 1. The van der Waals surface area contributed by atoms with E-state index in [-0.39, 0.29) is 25.8 Å². The minimum Gasteiger partial charge on any atom is -0.491 e. The molecule has 3 aromatic carbocycles. The lowest BCUT2D eigenvalue weighted by Crippen LogP contribution is -2.40. The molecule has 4 rings (SSSR count). The number of aryl methyl sites for hydroxylation is 1. The number of rotatable bonds is 10. The largest absolute Gasteiger partial charge is 0.491 e. The van der Waals surface area contributed by atoms with E-state index in [1.807, 2.05) is 66.4 Å². The van der Waals surface area contributed by atoms with Crippen molar-refractivity contribution in [2.24, 2.45) is 5.16 Å². The van der Waals surface area contributed by atoms with E-state index in [4.69, 9.17) is 9.57 Å². The number of hydrogen-bond donors (Lipinski definition) is 1. The molecule has 0 aromatic heterocycles. The van der Waals surface area contributed by atoms with Gasteiger partial charge in [0.15, 0.2) is 0 Å². The number of aliphatic hydroxyl groups excluding tert-OH is 1. The Bertz CT molecular complexity index is 1120. The van der Waals surface area contributed by atoms with Crippen LogP contribution in [-0.2, 0) is 11.4 Å². The van der Waals surface area contributed by atoms with E-state index in [1.165, 1.54) is 12.1 Å². The molecule has 7 heteroatoms. The summed E-state index contributed by atoms with van der Waals surface area (Å²) in [5, 5.41) is 14.9. The molecule has 3 aromatic rings. The summed E-state index contributed by atoms with van der Waals surface area (Å²) in [6.45, 7) is 2.94. The number of oxime groups is 1. The molecule has 0 unspecified atom stereocenters. The summed E-state index contributed by atoms with van der Waals surface area (Å²) in [4.78, 5) is 7.57. The molecule has 1 N–H and O–H groups in total. The van der Waals surface area contributed by atoms with Gasteiger partial charge in [-0.3, -0.25) is 4.90 Å². The molecule has 1 aliphatic heterocycles. The first-order chi connectivity index (χ1) is 16.5. The van der Waals surface area contributed by atoms with Gasteiger partial charge in [0.25, 0.3) is 0 Å². The summed E-state index contributed by atoms with van der Waals surface area (Å²) in [7, 11) is 0. The predicted molar refractivity (Wildman–Crippen MR) is 127 cm³/mol. The summed E-state index contributed by atoms with van der Waals surface area (Å²) in [6, 6.07) is 20.7. The minimum absolute atomic E-state index is 0.0862. The molecule has 5 nitrogen and oxygen atoms in total. The number of para-hydroxylation sites is 1. The van der Waals surface area contributed by atoms with E-state index in [0.29, 0.717) is 24.3 Å². The first-order valence-electron chi connectivity index (χ1n) is 11.3. The zero-order valence-electron chi connectivity index (χ0n) is 19.0. The second-order valence-corrected chi connectivity index (χ2v) is 8.49. The Morgan fingerprint density at radius 3 is 2.62 bits per heavy atom. The Morgan fingerprint density at radius 2 is 1.85 bits per heavy atom. The Hall–Kier alpha value is -3.29. The van der Waals surface area contributed by atoms with Crippen LogP contribution in [0.5, 0.6) is 5.75 Å². The zero-order chi connectivity index (χ0) is 23.9. The van der Waals surface area contributed by atoms with Crippen LogP contribution in [-0.4, -0.2) is 47.6 Å². The molecule has 0 saturated heterocycles. The third-order valence-corrected chi connectivity index (χ3v) is 5.71. The van der Waals surface area contributed by atoms with Crippen LogP contribution in [0.1, 0.15) is 23.1 Å². The molecule has 0 amide bonds. The van der Waals surface area contributed by atoms with Gasteiger partial charge in [0.1, 0.15) is 36.2 Å². The van der Waals surface area contributed by atoms with Crippen molar-refractivity contribution in [3.63, 3.8) is 0 Å². The van der Waals surface area contributed by atoms with E-state index in [0.717, 1.165) is 22.9 Å². The highest BCUT2D eigenvalue weighted by molar-refractivity contribution is 6.02. The van der Waals surface area contributed by atoms with Crippen LogP contribution in [0.2, 0.25) is 0 Å². The summed E-state index contributed by atoms with van der Waals surface area (Å²) in [5.74, 6) is -0.586. The number of benzene rings is 3. The fourth-order valence-corrected chi connectivity index (χ4v) is 4.02. The van der Waals surface area contributed by atoms with Crippen molar-refractivity contribution in [3.05, 3.63) is 101 Å². The SMILES string of the molecule is Cc1ccccc1C1=NO[C@@H](CN(Cc2ccc(F)cc2F)C[C@H](O)COc2ccccc2)C1. The lowest BCUT2D eigenvalue weighted by molar-refractivity contribution is 0.0209. The lowest BCUT2D eigenvalue weighted by Gasteiger charge is -2.27. The van der Waals surface area contributed by atoms with Gasteiger partial charge in [0.05, 0.1) is 5.71 Å². The summed E-state index contributed by atoms with van der Waals surface area (Å²) in [5.41, 5.74) is 3.36. The number of hydrogen-bond acceptors (Lipinski definition) is 5. The summed E-state index contributed by atoms with van der Waals surface area (Å²) < 4.78 is 33.4. The van der Waals surface area contributed by atoms with Crippen molar-refractivity contribution < 1.29 is 23.5 Å². The van der Waals surface area contributed by atoms with Crippen molar-refractivity contribution in [1.29, 1.82) is 0 Å². The Morgan fingerprint density at radius 1 is 1.09 bits per heavy atom. The highest BCUT2D eigenvalue weighted by atomic mass is 19.1. The fourth-order valence-electron chi connectivity index (χ4n) is 4.02. The van der Waals surface area contributed by atoms with Gasteiger partial charge in [0.2, 0.25) is 0 Å². The minimum atomic E-state index is -0.818. The normalized spacial score (nSPS) is 16.3. The van der Waals surface area contributed by atoms with E-state index in [2.05, 4.69) is 5.16 Å². The molecule has 1 aliphatic rings. The van der Waals surface area contributed by atoms with Crippen molar-refractivity contribution in [2.45, 2.75) is 32.1 Å². The summed E-state index contributed by atoms with van der Waals surface area (Å²) >= 11 is 0. The average molecular weight is 467 g/mol. The first kappa shape index (κ1) is 23.9. The van der Waals surface area contributed by atoms with E-state index >= 15 is 0 Å². The molecule has 34 heavy (non-hydrogen) atoms. The van der Waals surface area contributed by atoms with Gasteiger partial charge in [-0.2, -0.15) is 0 Å². The van der Waals surface area contributed by atoms with Crippen molar-refractivity contribution in [3.8, 4) is 5.75 Å². The van der Waals surface area contributed by atoms with E-state index in [9.17, 15) is 13.9 Å². The Labute approximate surface area is 198 Å². The standard InChI is InChI=1S/C27H28F2N2O3/c1-19-7-5-6-10-25(19)27-14-24(34-30-27)17-31(15-20-11-12-21(28)13-26(20)29)16-22(32)18-33-23-8-3-2-4-9-23/h2-13,22,24,32H,14-18H2,1H3/t22-,24+/m0/s1. The topological polar surface area (TPSA) is 54.3 Å². The third-order valence-electron chi connectivity index (χ3n) is 5.71. The molecular weight excluding hydrogens is 438 g/mol. The van der Waals surface area contributed by atoms with E-state index in [1.54, 1.807) is 0 Å². The fraction of sp³-hybridized carbons (Fsp3) is 0.296. The maximum atomic E-state index is 14.4. The lowest BCUT2D eigenvalue weighted by atomic mass is 10.00. The van der Waals surface area contributed by atoms with Gasteiger partial charge in [-0.05, 0) is 30.7 Å². The van der Waals surface area contributed by atoms with Crippen LogP contribution in [0.25, 0.3) is 0 Å². The zero-order valence-corrected chi connectivity index (χ0v) is 19.0. The van der Waals surface area contributed by atoms with Gasteiger partial charge in [-0.1, -0.05) is 53.7 Å². The molecule has 0 bridgehead atoms. The van der Waals surface area contributed by atoms with Crippen molar-refractivity contribution in [2.75, 3.05) is 19.7 Å². The predicted octanol–water partition coefficient (Wildman–Crippen LogP) is 4.71. The molecule has 0 spiro atoms. The number of ether oxygens (including phenoxy) is 1. The highest BCUT2D eigenvalue weighted by Crippen LogP contribution is 2.21. The van der Waals surface area contributed by atoms with Gasteiger partial charge in [0, 0.05) is 43.2 Å². The maximum Gasteiger partial charge on any atom is 0.145 e. The monoisotopic (exact) mass is 466 g/mol. The highest BCUT2D eigenvalue weighted by Gasteiger charge is 2.27. The van der Waals surface area contributed by atoms with Gasteiger partial charge in [-0.25, -0.2) is 8.78 Å². The smallest absolute Gasteiger partial charge is 0.145 e. The second kappa shape index (κ2) is 11.2.